The summed E-state index contributed by atoms with van der Waals surface area (Å²) in [5.74, 6) is -0.507. The molecule has 19 heavy (non-hydrogen) atoms. The number of pyridine rings is 1. The average molecular weight is 281 g/mol. The molecule has 0 N–H and O–H groups in total. The third-order valence-corrected chi connectivity index (χ3v) is 3.98. The zero-order chi connectivity index (χ0) is 14.2. The number of ether oxygens (including phenoxy) is 1. The molecule has 0 aliphatic carbocycles. The van der Waals surface area contributed by atoms with Crippen molar-refractivity contribution in [2.24, 2.45) is 5.92 Å². The van der Waals surface area contributed by atoms with E-state index in [0.29, 0.717) is 5.03 Å². The molecule has 0 fully saturated rings. The van der Waals surface area contributed by atoms with Gasteiger partial charge in [0.15, 0.2) is 0 Å². The molecule has 1 atom stereocenters. The van der Waals surface area contributed by atoms with Crippen LogP contribution < -0.4 is 5.56 Å². The van der Waals surface area contributed by atoms with Crippen LogP contribution in [0.25, 0.3) is 0 Å². The number of hydrogen-bond acceptors (Lipinski definition) is 5. The molecule has 1 aromatic heterocycles. The number of carbonyl (C=O) groups is 2. The topological polar surface area (TPSA) is 65.4 Å². The lowest BCUT2D eigenvalue weighted by molar-refractivity contribution is -0.114. The van der Waals surface area contributed by atoms with Crippen molar-refractivity contribution in [1.82, 2.24) is 4.57 Å². The Morgan fingerprint density at radius 1 is 1.42 bits per heavy atom. The van der Waals surface area contributed by atoms with Gasteiger partial charge in [0.1, 0.15) is 11.1 Å². The zero-order valence-electron chi connectivity index (χ0n) is 11.0. The molecule has 0 saturated heterocycles. The van der Waals surface area contributed by atoms with Crippen LogP contribution >= 0.6 is 11.8 Å². The van der Waals surface area contributed by atoms with Crippen LogP contribution in [-0.4, -0.2) is 22.3 Å². The van der Waals surface area contributed by atoms with Crippen molar-refractivity contribution in [3.05, 3.63) is 28.0 Å². The first-order valence-electron chi connectivity index (χ1n) is 6.11. The van der Waals surface area contributed by atoms with Gasteiger partial charge in [0, 0.05) is 6.07 Å². The predicted molar refractivity (Wildman–Crippen MR) is 71.4 cm³/mol. The molecule has 0 unspecified atom stereocenters. The van der Waals surface area contributed by atoms with E-state index in [9.17, 15) is 14.4 Å². The average Bonchev–Trinajstić information content (AvgIpc) is 2.67. The Morgan fingerprint density at radius 3 is 2.68 bits per heavy atom. The summed E-state index contributed by atoms with van der Waals surface area (Å²) in [4.78, 5) is 35.8. The zero-order valence-corrected chi connectivity index (χ0v) is 11.8. The molecule has 0 saturated carbocycles. The Morgan fingerprint density at radius 2 is 2.11 bits per heavy atom. The molecule has 0 aromatic carbocycles. The highest BCUT2D eigenvalue weighted by atomic mass is 32.2. The lowest BCUT2D eigenvalue weighted by Gasteiger charge is -2.16. The number of aromatic nitrogens is 1. The van der Waals surface area contributed by atoms with Crippen LogP contribution in [0.2, 0.25) is 0 Å². The molecule has 1 aliphatic rings. The molecular weight excluding hydrogens is 266 g/mol. The fourth-order valence-electron chi connectivity index (χ4n) is 2.10. The van der Waals surface area contributed by atoms with Crippen molar-refractivity contribution >= 4 is 22.8 Å². The van der Waals surface area contributed by atoms with Crippen LogP contribution in [0.5, 0.6) is 0 Å². The molecule has 0 amide bonds. The maximum atomic E-state index is 12.0. The number of rotatable bonds is 3. The summed E-state index contributed by atoms with van der Waals surface area (Å²) in [5, 5.41) is 0.290. The first-order valence-corrected chi connectivity index (χ1v) is 6.93. The summed E-state index contributed by atoms with van der Waals surface area (Å²) in [6.45, 7) is 5.72. The quantitative estimate of drug-likeness (QED) is 0.791. The smallest absolute Gasteiger partial charge is 0.340 e. The predicted octanol–water partition coefficient (Wildman–Crippen LogP) is 1.85. The van der Waals surface area contributed by atoms with Gasteiger partial charge in [0.25, 0.3) is 5.56 Å². The Labute approximate surface area is 114 Å². The number of nitrogens with zero attached hydrogens (tertiary/aromatic N) is 1. The van der Waals surface area contributed by atoms with E-state index in [-0.39, 0.29) is 28.8 Å². The van der Waals surface area contributed by atoms with Gasteiger partial charge in [-0.05, 0) is 30.7 Å². The first kappa shape index (κ1) is 13.9. The Kier molecular flexibility index (Phi) is 3.80. The van der Waals surface area contributed by atoms with Gasteiger partial charge in [0.05, 0.1) is 12.2 Å². The van der Waals surface area contributed by atoms with E-state index >= 15 is 0 Å². The third kappa shape index (κ3) is 2.32. The van der Waals surface area contributed by atoms with Gasteiger partial charge in [-0.25, -0.2) is 4.79 Å². The van der Waals surface area contributed by atoms with Crippen LogP contribution in [0.3, 0.4) is 0 Å². The minimum atomic E-state index is -0.512. The first-order chi connectivity index (χ1) is 8.97. The summed E-state index contributed by atoms with van der Waals surface area (Å²) < 4.78 is 6.35. The minimum Gasteiger partial charge on any atom is -0.462 e. The van der Waals surface area contributed by atoms with Gasteiger partial charge in [-0.1, -0.05) is 13.8 Å². The number of carbonyl (C=O) groups excluding carboxylic acids is 2. The summed E-state index contributed by atoms with van der Waals surface area (Å²) in [6.07, 6.45) is 0. The number of hydrogen-bond donors (Lipinski definition) is 0. The van der Waals surface area contributed by atoms with E-state index < -0.39 is 12.0 Å². The Bertz CT molecular complexity index is 591. The highest BCUT2D eigenvalue weighted by Crippen LogP contribution is 2.39. The highest BCUT2D eigenvalue weighted by molar-refractivity contribution is 8.14. The lowest BCUT2D eigenvalue weighted by atomic mass is 10.1. The second-order valence-electron chi connectivity index (χ2n) is 4.59. The fourth-order valence-corrected chi connectivity index (χ4v) is 3.35. The molecule has 1 aromatic rings. The van der Waals surface area contributed by atoms with Crippen molar-refractivity contribution in [3.8, 4) is 0 Å². The van der Waals surface area contributed by atoms with Gasteiger partial charge >= 0.3 is 5.97 Å². The molecule has 2 rings (SSSR count). The fraction of sp³-hybridized carbons (Fsp3) is 0.462. The van der Waals surface area contributed by atoms with Crippen molar-refractivity contribution < 1.29 is 14.3 Å². The van der Waals surface area contributed by atoms with Gasteiger partial charge < -0.3 is 4.74 Å². The molecule has 1 aliphatic heterocycles. The standard InChI is InChI=1S/C13H15NO4S/c1-4-18-12(16)8-5-6-9(15)14-10(7(2)3)13(17)19-11(8)14/h5-7,10H,4H2,1-3H3/t10-/m1/s1. The monoisotopic (exact) mass is 281 g/mol. The summed E-state index contributed by atoms with van der Waals surface area (Å²) in [7, 11) is 0. The summed E-state index contributed by atoms with van der Waals surface area (Å²) in [5.41, 5.74) is 0.0167. The van der Waals surface area contributed by atoms with E-state index in [1.54, 1.807) is 6.92 Å². The van der Waals surface area contributed by atoms with Crippen LogP contribution in [0.1, 0.15) is 37.2 Å². The number of fused-ring (bicyclic) bond motifs is 1. The number of esters is 1. The molecule has 2 heterocycles. The minimum absolute atomic E-state index is 0.00334. The van der Waals surface area contributed by atoms with Crippen LogP contribution in [0.15, 0.2) is 22.0 Å². The Hall–Kier alpha value is -1.56. The van der Waals surface area contributed by atoms with Gasteiger partial charge in [0.2, 0.25) is 5.12 Å². The van der Waals surface area contributed by atoms with Crippen molar-refractivity contribution in [2.45, 2.75) is 31.8 Å². The summed E-state index contributed by atoms with van der Waals surface area (Å²) >= 11 is 0.946. The summed E-state index contributed by atoms with van der Waals surface area (Å²) in [6, 6.07) is 2.22. The van der Waals surface area contributed by atoms with Crippen molar-refractivity contribution in [1.29, 1.82) is 0 Å². The van der Waals surface area contributed by atoms with Gasteiger partial charge in [-0.2, -0.15) is 0 Å². The second kappa shape index (κ2) is 5.21. The molecule has 6 heteroatoms. The largest absolute Gasteiger partial charge is 0.462 e. The van der Waals surface area contributed by atoms with Crippen molar-refractivity contribution in [2.75, 3.05) is 6.61 Å². The maximum absolute atomic E-state index is 12.0. The maximum Gasteiger partial charge on any atom is 0.340 e. The van der Waals surface area contributed by atoms with E-state index in [1.807, 2.05) is 13.8 Å². The normalized spacial score (nSPS) is 17.7. The van der Waals surface area contributed by atoms with Crippen LogP contribution in [0, 0.1) is 5.92 Å². The van der Waals surface area contributed by atoms with E-state index in [4.69, 9.17) is 4.74 Å². The van der Waals surface area contributed by atoms with Crippen molar-refractivity contribution in [3.63, 3.8) is 0 Å². The highest BCUT2D eigenvalue weighted by Gasteiger charge is 2.37. The second-order valence-corrected chi connectivity index (χ2v) is 5.58. The molecular formula is C13H15NO4S. The third-order valence-electron chi connectivity index (χ3n) is 2.92. The molecule has 0 spiro atoms. The molecule has 5 nitrogen and oxygen atoms in total. The number of thioether (sulfide) groups is 1. The van der Waals surface area contributed by atoms with E-state index in [0.717, 1.165) is 11.8 Å². The van der Waals surface area contributed by atoms with E-state index in [1.165, 1.54) is 16.7 Å². The Balaban J connectivity index is 2.58. The lowest BCUT2D eigenvalue weighted by Crippen LogP contribution is -2.28. The molecule has 102 valence electrons. The molecule has 0 bridgehead atoms. The van der Waals surface area contributed by atoms with Gasteiger partial charge in [-0.3, -0.25) is 14.2 Å². The molecule has 0 radical (unpaired) electrons. The van der Waals surface area contributed by atoms with Crippen LogP contribution in [-0.2, 0) is 9.53 Å². The van der Waals surface area contributed by atoms with Gasteiger partial charge in [-0.15, -0.1) is 0 Å². The SMILES string of the molecule is CCOC(=O)c1ccc(=O)n2c1SC(=O)[C@H]2C(C)C. The van der Waals surface area contributed by atoms with E-state index in [2.05, 4.69) is 0 Å². The van der Waals surface area contributed by atoms with Crippen LogP contribution in [0.4, 0.5) is 0 Å².